The minimum atomic E-state index is -0.943. The van der Waals surface area contributed by atoms with E-state index in [4.69, 9.17) is 5.11 Å². The Kier molecular flexibility index (Phi) is 3.01. The molecule has 1 aromatic carbocycles. The monoisotopic (exact) mass is 265 g/mol. The number of benzene rings is 1. The van der Waals surface area contributed by atoms with E-state index in [0.717, 1.165) is 16.9 Å². The van der Waals surface area contributed by atoms with Gasteiger partial charge in [0.1, 0.15) is 0 Å². The van der Waals surface area contributed by atoms with Crippen LogP contribution in [-0.4, -0.2) is 25.6 Å². The molecule has 0 fully saturated rings. The predicted octanol–water partition coefficient (Wildman–Crippen LogP) is 2.63. The average Bonchev–Trinajstić information content (AvgIpc) is 2.98. The summed E-state index contributed by atoms with van der Waals surface area (Å²) in [6, 6.07) is 10.5. The number of pyridine rings is 1. The number of rotatable bonds is 3. The van der Waals surface area contributed by atoms with Crippen LogP contribution in [-0.2, 0) is 0 Å². The van der Waals surface area contributed by atoms with Crippen molar-refractivity contribution >= 4 is 5.97 Å². The molecule has 98 valence electrons. The van der Waals surface area contributed by atoms with Gasteiger partial charge in [-0.05, 0) is 30.3 Å². The van der Waals surface area contributed by atoms with Crippen LogP contribution in [0.5, 0.6) is 0 Å². The quantitative estimate of drug-likeness (QED) is 0.790. The highest BCUT2D eigenvalue weighted by atomic mass is 16.4. The third kappa shape index (κ3) is 2.29. The van der Waals surface area contributed by atoms with Crippen LogP contribution in [0.25, 0.3) is 16.9 Å². The number of aromatic nitrogens is 3. The largest absolute Gasteiger partial charge is 0.478 e. The van der Waals surface area contributed by atoms with Crippen LogP contribution >= 0.6 is 0 Å². The molecule has 0 atom stereocenters. The van der Waals surface area contributed by atoms with Crippen LogP contribution in [0.15, 0.2) is 61.3 Å². The minimum absolute atomic E-state index is 0.252. The molecule has 5 heteroatoms. The second-order valence-corrected chi connectivity index (χ2v) is 4.26. The lowest BCUT2D eigenvalue weighted by Crippen LogP contribution is -1.98. The zero-order chi connectivity index (χ0) is 13.9. The van der Waals surface area contributed by atoms with E-state index in [9.17, 15) is 4.79 Å². The second kappa shape index (κ2) is 4.97. The van der Waals surface area contributed by atoms with Crippen LogP contribution in [0.4, 0.5) is 0 Å². The number of aromatic carboxylic acids is 1. The Morgan fingerprint density at radius 2 is 1.95 bits per heavy atom. The van der Waals surface area contributed by atoms with Gasteiger partial charge in [0, 0.05) is 29.8 Å². The Morgan fingerprint density at radius 1 is 1.15 bits per heavy atom. The van der Waals surface area contributed by atoms with E-state index in [-0.39, 0.29) is 5.56 Å². The summed E-state index contributed by atoms with van der Waals surface area (Å²) in [5.41, 5.74) is 2.79. The van der Waals surface area contributed by atoms with Crippen molar-refractivity contribution in [2.45, 2.75) is 0 Å². The van der Waals surface area contributed by atoms with E-state index < -0.39 is 5.97 Å². The standard InChI is InChI=1S/C15H11N3O2/c19-15(20)12-2-1-3-13(8-12)18-9-14(17-10-18)11-4-6-16-7-5-11/h1-10H,(H,19,20). The molecule has 3 rings (SSSR count). The zero-order valence-corrected chi connectivity index (χ0v) is 10.5. The van der Waals surface area contributed by atoms with Crippen LogP contribution in [0.2, 0.25) is 0 Å². The molecule has 0 aliphatic carbocycles. The first-order chi connectivity index (χ1) is 9.74. The minimum Gasteiger partial charge on any atom is -0.478 e. The highest BCUT2D eigenvalue weighted by Crippen LogP contribution is 2.18. The fourth-order valence-electron chi connectivity index (χ4n) is 1.94. The molecule has 0 aliphatic rings. The molecule has 0 unspecified atom stereocenters. The van der Waals surface area contributed by atoms with E-state index in [1.165, 1.54) is 0 Å². The highest BCUT2D eigenvalue weighted by Gasteiger charge is 2.06. The van der Waals surface area contributed by atoms with Gasteiger partial charge in [-0.3, -0.25) is 4.98 Å². The molecular weight excluding hydrogens is 254 g/mol. The van der Waals surface area contributed by atoms with Gasteiger partial charge in [0.05, 0.1) is 17.6 Å². The normalized spacial score (nSPS) is 10.4. The fraction of sp³-hybridized carbons (Fsp3) is 0. The lowest BCUT2D eigenvalue weighted by Gasteiger charge is -2.02. The summed E-state index contributed by atoms with van der Waals surface area (Å²) in [5, 5.41) is 9.01. The predicted molar refractivity (Wildman–Crippen MR) is 73.8 cm³/mol. The SMILES string of the molecule is O=C(O)c1cccc(-n2cnc(-c3ccncc3)c2)c1. The Balaban J connectivity index is 1.98. The van der Waals surface area contributed by atoms with Crippen molar-refractivity contribution in [1.29, 1.82) is 0 Å². The Hall–Kier alpha value is -2.95. The Bertz CT molecular complexity index is 751. The molecule has 0 saturated carbocycles. The summed E-state index contributed by atoms with van der Waals surface area (Å²) < 4.78 is 1.79. The first-order valence-electron chi connectivity index (χ1n) is 6.02. The first kappa shape index (κ1) is 12.1. The molecule has 0 spiro atoms. The van der Waals surface area contributed by atoms with Crippen LogP contribution in [0.1, 0.15) is 10.4 Å². The average molecular weight is 265 g/mol. The molecule has 0 saturated heterocycles. The van der Waals surface area contributed by atoms with Crippen LogP contribution in [0.3, 0.4) is 0 Å². The first-order valence-corrected chi connectivity index (χ1v) is 6.02. The number of carbonyl (C=O) groups is 1. The van der Waals surface area contributed by atoms with Gasteiger partial charge in [-0.15, -0.1) is 0 Å². The van der Waals surface area contributed by atoms with Gasteiger partial charge in [-0.25, -0.2) is 9.78 Å². The Labute approximate surface area is 115 Å². The molecule has 0 amide bonds. The molecule has 5 nitrogen and oxygen atoms in total. The molecule has 0 aliphatic heterocycles. The maximum atomic E-state index is 11.0. The fourth-order valence-corrected chi connectivity index (χ4v) is 1.94. The highest BCUT2D eigenvalue weighted by molar-refractivity contribution is 5.88. The van der Waals surface area contributed by atoms with Gasteiger partial charge < -0.3 is 9.67 Å². The van der Waals surface area contributed by atoms with E-state index in [2.05, 4.69) is 9.97 Å². The van der Waals surface area contributed by atoms with Gasteiger partial charge in [-0.2, -0.15) is 0 Å². The molecule has 0 bridgehead atoms. The topological polar surface area (TPSA) is 68.0 Å². The second-order valence-electron chi connectivity index (χ2n) is 4.26. The Morgan fingerprint density at radius 3 is 2.70 bits per heavy atom. The van der Waals surface area contributed by atoms with Gasteiger partial charge in [0.2, 0.25) is 0 Å². The lowest BCUT2D eigenvalue weighted by molar-refractivity contribution is 0.0697. The van der Waals surface area contributed by atoms with Crippen molar-refractivity contribution in [3.05, 3.63) is 66.9 Å². The zero-order valence-electron chi connectivity index (χ0n) is 10.5. The summed E-state index contributed by atoms with van der Waals surface area (Å²) >= 11 is 0. The third-order valence-electron chi connectivity index (χ3n) is 2.95. The van der Waals surface area contributed by atoms with Crippen LogP contribution in [0, 0.1) is 0 Å². The van der Waals surface area contributed by atoms with Crippen molar-refractivity contribution in [2.75, 3.05) is 0 Å². The van der Waals surface area contributed by atoms with Crippen LogP contribution < -0.4 is 0 Å². The van der Waals surface area contributed by atoms with Gasteiger partial charge in [-0.1, -0.05) is 6.07 Å². The summed E-state index contributed by atoms with van der Waals surface area (Å²) in [6.07, 6.45) is 6.94. The number of hydrogen-bond donors (Lipinski definition) is 1. The van der Waals surface area contributed by atoms with E-state index in [1.807, 2.05) is 24.4 Å². The molecule has 1 N–H and O–H groups in total. The van der Waals surface area contributed by atoms with Crippen molar-refractivity contribution < 1.29 is 9.90 Å². The van der Waals surface area contributed by atoms with Gasteiger partial charge in [0.25, 0.3) is 0 Å². The summed E-state index contributed by atoms with van der Waals surface area (Å²) in [4.78, 5) is 19.3. The van der Waals surface area contributed by atoms with Crippen molar-refractivity contribution in [2.24, 2.45) is 0 Å². The van der Waals surface area contributed by atoms with Crippen molar-refractivity contribution in [3.63, 3.8) is 0 Å². The molecule has 20 heavy (non-hydrogen) atoms. The van der Waals surface area contributed by atoms with Crippen molar-refractivity contribution in [1.82, 2.24) is 14.5 Å². The van der Waals surface area contributed by atoms with E-state index >= 15 is 0 Å². The van der Waals surface area contributed by atoms with E-state index in [1.54, 1.807) is 41.5 Å². The molecule has 2 heterocycles. The number of hydrogen-bond acceptors (Lipinski definition) is 3. The van der Waals surface area contributed by atoms with Crippen molar-refractivity contribution in [3.8, 4) is 16.9 Å². The number of carboxylic acids is 1. The summed E-state index contributed by atoms with van der Waals surface area (Å²) in [6.45, 7) is 0. The number of imidazole rings is 1. The maximum Gasteiger partial charge on any atom is 0.335 e. The third-order valence-corrected chi connectivity index (χ3v) is 2.95. The van der Waals surface area contributed by atoms with Gasteiger partial charge in [0.15, 0.2) is 0 Å². The summed E-state index contributed by atoms with van der Waals surface area (Å²) in [7, 11) is 0. The smallest absolute Gasteiger partial charge is 0.335 e. The van der Waals surface area contributed by atoms with Gasteiger partial charge >= 0.3 is 5.97 Å². The molecule has 0 radical (unpaired) electrons. The summed E-state index contributed by atoms with van der Waals surface area (Å²) in [5.74, 6) is -0.943. The molecular formula is C15H11N3O2. The van der Waals surface area contributed by atoms with E-state index in [0.29, 0.717) is 0 Å². The molecule has 3 aromatic rings. The molecule has 2 aromatic heterocycles. The number of carboxylic acid groups (broad SMARTS) is 1. The maximum absolute atomic E-state index is 11.0. The lowest BCUT2D eigenvalue weighted by atomic mass is 10.2. The number of nitrogens with zero attached hydrogens (tertiary/aromatic N) is 3.